The number of benzene rings is 2. The maximum Gasteiger partial charge on any atom is 0.406 e. The highest BCUT2D eigenvalue weighted by Gasteiger charge is 2.29. The number of carbonyl (C=O) groups excluding carboxylic acids is 1. The van der Waals surface area contributed by atoms with Gasteiger partial charge in [0.25, 0.3) is 0 Å². The molecule has 210 valence electrons. The number of nitrogen functional groups attached to an aromatic ring is 1. The zero-order valence-corrected chi connectivity index (χ0v) is 21.8. The van der Waals surface area contributed by atoms with E-state index in [9.17, 15) is 27.2 Å². The van der Waals surface area contributed by atoms with E-state index in [0.29, 0.717) is 11.4 Å². The van der Waals surface area contributed by atoms with Gasteiger partial charge in [0.05, 0.1) is 5.56 Å². The van der Waals surface area contributed by atoms with Crippen LogP contribution in [-0.2, 0) is 13.0 Å². The number of anilines is 1. The highest BCUT2D eigenvalue weighted by molar-refractivity contribution is 5.98. The van der Waals surface area contributed by atoms with Crippen LogP contribution in [0.5, 0.6) is 0 Å². The van der Waals surface area contributed by atoms with E-state index in [2.05, 4.69) is 16.4 Å². The fourth-order valence-electron chi connectivity index (χ4n) is 4.81. The van der Waals surface area contributed by atoms with Gasteiger partial charge in [-0.1, -0.05) is 42.5 Å². The van der Waals surface area contributed by atoms with Crippen molar-refractivity contribution >= 4 is 17.2 Å². The topological polar surface area (TPSA) is 90.0 Å². The summed E-state index contributed by atoms with van der Waals surface area (Å²) in [5, 5.41) is 3.27. The van der Waals surface area contributed by atoms with E-state index >= 15 is 0 Å². The third kappa shape index (κ3) is 6.60. The van der Waals surface area contributed by atoms with Gasteiger partial charge in [0.15, 0.2) is 11.2 Å². The van der Waals surface area contributed by atoms with Crippen LogP contribution in [0.15, 0.2) is 84.1 Å². The van der Waals surface area contributed by atoms with E-state index < -0.39 is 29.8 Å². The highest BCUT2D eigenvalue weighted by atomic mass is 19.4. The highest BCUT2D eigenvalue weighted by Crippen LogP contribution is 2.30. The molecule has 4 aromatic rings. The Hall–Kier alpha value is -4.57. The van der Waals surface area contributed by atoms with E-state index in [1.165, 1.54) is 17.7 Å². The summed E-state index contributed by atoms with van der Waals surface area (Å²) in [4.78, 5) is 30.8. The lowest BCUT2D eigenvalue weighted by Gasteiger charge is -2.16. The Morgan fingerprint density at radius 1 is 0.976 bits per heavy atom. The summed E-state index contributed by atoms with van der Waals surface area (Å²) in [7, 11) is 0. The fourth-order valence-corrected chi connectivity index (χ4v) is 4.81. The zero-order valence-electron chi connectivity index (χ0n) is 21.8. The van der Waals surface area contributed by atoms with Crippen LogP contribution in [0, 0.1) is 5.82 Å². The predicted octanol–water partition coefficient (Wildman–Crippen LogP) is 5.66. The molecule has 0 amide bonds. The zero-order chi connectivity index (χ0) is 29.1. The van der Waals surface area contributed by atoms with Gasteiger partial charge in [-0.25, -0.2) is 9.37 Å². The fraction of sp³-hybridized carbons (Fsp3) is 0.194. The lowest BCUT2D eigenvalue weighted by atomic mass is 9.96. The first-order chi connectivity index (χ1) is 19.6. The van der Waals surface area contributed by atoms with Gasteiger partial charge < -0.3 is 15.6 Å². The molecule has 0 radical (unpaired) electrons. The summed E-state index contributed by atoms with van der Waals surface area (Å²) in [5.41, 5.74) is 9.39. The number of alkyl halides is 3. The SMILES string of the molecule is Nc1ncc(C2=CCNCC2)cc1-c1ccc(CC(=O)c2cn(CC(F)(F)F)cc(-c3ccc(F)cc3)c2=O)cc1. The molecule has 0 saturated heterocycles. The quantitative estimate of drug-likeness (QED) is 0.224. The number of nitrogens with zero attached hydrogens (tertiary/aromatic N) is 2. The minimum atomic E-state index is -4.58. The van der Waals surface area contributed by atoms with Gasteiger partial charge in [0.2, 0.25) is 0 Å². The van der Waals surface area contributed by atoms with Gasteiger partial charge in [-0.05, 0) is 59.0 Å². The molecule has 2 aromatic heterocycles. The Bertz CT molecular complexity index is 1670. The summed E-state index contributed by atoms with van der Waals surface area (Å²) in [6.07, 6.45) is 1.90. The number of hydrogen-bond acceptors (Lipinski definition) is 5. The molecule has 2 aromatic carbocycles. The van der Waals surface area contributed by atoms with Gasteiger partial charge in [0.1, 0.15) is 18.2 Å². The van der Waals surface area contributed by atoms with Crippen LogP contribution in [0.2, 0.25) is 0 Å². The van der Waals surface area contributed by atoms with Crippen molar-refractivity contribution in [2.75, 3.05) is 18.8 Å². The second kappa shape index (κ2) is 11.5. The lowest BCUT2D eigenvalue weighted by Crippen LogP contribution is -2.24. The Labute approximate surface area is 233 Å². The van der Waals surface area contributed by atoms with Crippen molar-refractivity contribution in [3.8, 4) is 22.3 Å². The molecule has 3 heterocycles. The molecule has 1 aliphatic rings. The summed E-state index contributed by atoms with van der Waals surface area (Å²) >= 11 is 0. The molecular formula is C31H26F4N4O2. The second-order valence-electron chi connectivity index (χ2n) is 9.85. The summed E-state index contributed by atoms with van der Waals surface area (Å²) in [5.74, 6) is -0.841. The van der Waals surface area contributed by atoms with Crippen LogP contribution in [-0.4, -0.2) is 34.6 Å². The lowest BCUT2D eigenvalue weighted by molar-refractivity contribution is -0.140. The molecule has 41 heavy (non-hydrogen) atoms. The number of nitrogens with two attached hydrogens (primary N) is 1. The van der Waals surface area contributed by atoms with Crippen molar-refractivity contribution in [1.82, 2.24) is 14.9 Å². The number of halogens is 4. The third-order valence-electron chi connectivity index (χ3n) is 6.88. The Morgan fingerprint density at radius 2 is 1.66 bits per heavy atom. The normalized spacial score (nSPS) is 13.6. The Morgan fingerprint density at radius 3 is 2.32 bits per heavy atom. The Balaban J connectivity index is 1.43. The molecule has 1 aliphatic heterocycles. The molecule has 10 heteroatoms. The third-order valence-corrected chi connectivity index (χ3v) is 6.88. The van der Waals surface area contributed by atoms with Crippen molar-refractivity contribution in [2.45, 2.75) is 25.6 Å². The minimum Gasteiger partial charge on any atom is -0.383 e. The monoisotopic (exact) mass is 562 g/mol. The smallest absolute Gasteiger partial charge is 0.383 e. The van der Waals surface area contributed by atoms with Crippen LogP contribution in [0.3, 0.4) is 0 Å². The van der Waals surface area contributed by atoms with Gasteiger partial charge in [-0.15, -0.1) is 0 Å². The van der Waals surface area contributed by atoms with E-state index in [1.807, 2.05) is 6.07 Å². The molecule has 3 N–H and O–H groups in total. The number of hydrogen-bond donors (Lipinski definition) is 2. The average Bonchev–Trinajstić information content (AvgIpc) is 2.95. The van der Waals surface area contributed by atoms with Crippen molar-refractivity contribution in [2.24, 2.45) is 0 Å². The molecule has 0 bridgehead atoms. The number of rotatable bonds is 7. The number of Topliss-reactive ketones (excluding diaryl/α,β-unsaturated/α-hetero) is 1. The van der Waals surface area contributed by atoms with Crippen molar-refractivity contribution in [3.05, 3.63) is 112 Å². The second-order valence-corrected chi connectivity index (χ2v) is 9.85. The molecular weight excluding hydrogens is 536 g/mol. The summed E-state index contributed by atoms with van der Waals surface area (Å²) in [6, 6.07) is 13.7. The average molecular weight is 563 g/mol. The summed E-state index contributed by atoms with van der Waals surface area (Å²) in [6.45, 7) is 0.270. The largest absolute Gasteiger partial charge is 0.406 e. The molecule has 0 aliphatic carbocycles. The van der Waals surface area contributed by atoms with Gasteiger partial charge in [-0.3, -0.25) is 9.59 Å². The van der Waals surface area contributed by atoms with Crippen LogP contribution in [0.4, 0.5) is 23.4 Å². The van der Waals surface area contributed by atoms with Crippen molar-refractivity contribution in [1.29, 1.82) is 0 Å². The molecule has 6 nitrogen and oxygen atoms in total. The molecule has 0 fully saturated rings. The van der Waals surface area contributed by atoms with E-state index in [-0.39, 0.29) is 23.1 Å². The van der Waals surface area contributed by atoms with E-state index in [4.69, 9.17) is 5.73 Å². The first kappa shape index (κ1) is 28.0. The number of nitrogens with one attached hydrogen (secondary N) is 1. The van der Waals surface area contributed by atoms with Crippen LogP contribution in [0.25, 0.3) is 27.8 Å². The molecule has 0 saturated carbocycles. The molecule has 0 unspecified atom stereocenters. The van der Waals surface area contributed by atoms with Crippen LogP contribution in [0.1, 0.15) is 27.9 Å². The van der Waals surface area contributed by atoms with Crippen LogP contribution < -0.4 is 16.5 Å². The number of carbonyl (C=O) groups is 1. The van der Waals surface area contributed by atoms with Crippen molar-refractivity contribution < 1.29 is 22.4 Å². The van der Waals surface area contributed by atoms with E-state index in [1.54, 1.807) is 30.5 Å². The minimum absolute atomic E-state index is 0.123. The number of ketones is 1. The maximum absolute atomic E-state index is 13.4. The predicted molar refractivity (Wildman–Crippen MR) is 150 cm³/mol. The van der Waals surface area contributed by atoms with E-state index in [0.717, 1.165) is 65.3 Å². The first-order valence-electron chi connectivity index (χ1n) is 12.9. The maximum atomic E-state index is 13.4. The first-order valence-corrected chi connectivity index (χ1v) is 12.9. The van der Waals surface area contributed by atoms with Crippen LogP contribution >= 0.6 is 0 Å². The Kier molecular flexibility index (Phi) is 7.85. The molecule has 0 atom stereocenters. The van der Waals surface area contributed by atoms with Gasteiger partial charge in [0, 0.05) is 42.7 Å². The number of aromatic nitrogens is 2. The molecule has 5 rings (SSSR count). The molecule has 0 spiro atoms. The van der Waals surface area contributed by atoms with Gasteiger partial charge >= 0.3 is 6.18 Å². The van der Waals surface area contributed by atoms with Crippen molar-refractivity contribution in [3.63, 3.8) is 0 Å². The summed E-state index contributed by atoms with van der Waals surface area (Å²) < 4.78 is 53.8. The van der Waals surface area contributed by atoms with Gasteiger partial charge in [-0.2, -0.15) is 13.2 Å². The standard InChI is InChI=1S/C31H26F4N4O2/c32-24-7-5-22(6-8-24)26-16-39(18-31(33,34)35)17-27(29(26)41)28(40)13-19-1-3-21(4-2-19)25-14-23(15-38-30(25)36)20-9-11-37-12-10-20/h1-9,14-17,37H,10-13,18H2,(H2,36,38). The number of pyridine rings is 2.